The van der Waals surface area contributed by atoms with Crippen LogP contribution in [0.2, 0.25) is 0 Å². The van der Waals surface area contributed by atoms with E-state index in [1.807, 2.05) is 4.98 Å². The Kier molecular flexibility index (Phi) is 4.46. The van der Waals surface area contributed by atoms with Crippen molar-refractivity contribution < 1.29 is 9.53 Å². The van der Waals surface area contributed by atoms with Gasteiger partial charge in [0.25, 0.3) is 11.5 Å². The summed E-state index contributed by atoms with van der Waals surface area (Å²) in [5.41, 5.74) is -1.36. The third-order valence-corrected chi connectivity index (χ3v) is 1.82. The van der Waals surface area contributed by atoms with Gasteiger partial charge in [-0.1, -0.05) is 0 Å². The van der Waals surface area contributed by atoms with Gasteiger partial charge in [0.05, 0.1) is 0 Å². The fourth-order valence-corrected chi connectivity index (χ4v) is 1.10. The van der Waals surface area contributed by atoms with Crippen molar-refractivity contribution in [3.63, 3.8) is 0 Å². The predicted octanol–water partition coefficient (Wildman–Crippen LogP) is -1.17. The van der Waals surface area contributed by atoms with Gasteiger partial charge < -0.3 is 15.0 Å². The largest absolute Gasteiger partial charge is 0.385 e. The summed E-state index contributed by atoms with van der Waals surface area (Å²) in [6.07, 6.45) is 0.662. The molecular weight excluding hydrogens is 214 g/mol. The van der Waals surface area contributed by atoms with Crippen molar-refractivity contribution in [3.8, 4) is 0 Å². The molecule has 1 aromatic rings. The van der Waals surface area contributed by atoms with E-state index in [2.05, 4.69) is 10.3 Å². The number of ether oxygens (including phenoxy) is 1. The van der Waals surface area contributed by atoms with Gasteiger partial charge in [-0.3, -0.25) is 14.6 Å². The summed E-state index contributed by atoms with van der Waals surface area (Å²) in [6.45, 7) is 0.952. The zero-order chi connectivity index (χ0) is 12.0. The van der Waals surface area contributed by atoms with Gasteiger partial charge in [0.15, 0.2) is 0 Å². The first-order chi connectivity index (χ1) is 7.63. The Hall–Kier alpha value is -1.89. The molecule has 0 aromatic carbocycles. The van der Waals surface area contributed by atoms with Crippen LogP contribution in [0.5, 0.6) is 0 Å². The standard InChI is InChI=1S/C9H13N3O4/c1-16-4-2-3-10-8(14)6-5-7(13)12-9(15)11-6/h5H,2-4H2,1H3,(H,10,14)(H2,11,12,13,15). The average molecular weight is 227 g/mol. The summed E-state index contributed by atoms with van der Waals surface area (Å²) in [6, 6.07) is 1.03. The fourth-order valence-electron chi connectivity index (χ4n) is 1.10. The SMILES string of the molecule is COCCCNC(=O)c1cc(=O)[nH]c(=O)[nH]1. The molecule has 0 atom stereocenters. The quantitative estimate of drug-likeness (QED) is 0.551. The zero-order valence-corrected chi connectivity index (χ0v) is 8.83. The number of methoxy groups -OCH3 is 1. The van der Waals surface area contributed by atoms with E-state index >= 15 is 0 Å². The highest BCUT2D eigenvalue weighted by atomic mass is 16.5. The molecule has 0 aliphatic carbocycles. The predicted molar refractivity (Wildman–Crippen MR) is 56.5 cm³/mol. The van der Waals surface area contributed by atoms with Crippen LogP contribution in [-0.4, -0.2) is 36.1 Å². The van der Waals surface area contributed by atoms with Gasteiger partial charge in [-0.15, -0.1) is 0 Å². The maximum Gasteiger partial charge on any atom is 0.326 e. The van der Waals surface area contributed by atoms with Crippen molar-refractivity contribution in [2.75, 3.05) is 20.3 Å². The van der Waals surface area contributed by atoms with Crippen molar-refractivity contribution >= 4 is 5.91 Å². The minimum atomic E-state index is -0.699. The van der Waals surface area contributed by atoms with Gasteiger partial charge in [-0.05, 0) is 6.42 Å². The maximum atomic E-state index is 11.4. The van der Waals surface area contributed by atoms with Crippen LogP contribution < -0.4 is 16.6 Å². The molecule has 0 aliphatic rings. The van der Waals surface area contributed by atoms with Crippen LogP contribution >= 0.6 is 0 Å². The van der Waals surface area contributed by atoms with Crippen molar-refractivity contribution in [1.29, 1.82) is 0 Å². The molecule has 1 rings (SSSR count). The highest BCUT2D eigenvalue weighted by molar-refractivity contribution is 5.91. The number of hydrogen-bond acceptors (Lipinski definition) is 4. The number of carbonyl (C=O) groups is 1. The van der Waals surface area contributed by atoms with E-state index in [1.54, 1.807) is 7.11 Å². The summed E-state index contributed by atoms with van der Waals surface area (Å²) < 4.78 is 4.80. The van der Waals surface area contributed by atoms with Gasteiger partial charge in [0.1, 0.15) is 5.69 Å². The normalized spacial score (nSPS) is 10.1. The molecule has 0 spiro atoms. The van der Waals surface area contributed by atoms with E-state index in [0.29, 0.717) is 19.6 Å². The third-order valence-electron chi connectivity index (χ3n) is 1.82. The lowest BCUT2D eigenvalue weighted by molar-refractivity contribution is 0.0943. The van der Waals surface area contributed by atoms with Crippen LogP contribution in [0, 0.1) is 0 Å². The second-order valence-electron chi connectivity index (χ2n) is 3.10. The molecule has 0 aliphatic heterocycles. The molecule has 3 N–H and O–H groups in total. The first kappa shape index (κ1) is 12.2. The van der Waals surface area contributed by atoms with E-state index in [-0.39, 0.29) is 5.69 Å². The number of carbonyl (C=O) groups excluding carboxylic acids is 1. The summed E-state index contributed by atoms with van der Waals surface area (Å²) in [4.78, 5) is 37.4. The first-order valence-electron chi connectivity index (χ1n) is 4.74. The van der Waals surface area contributed by atoms with Crippen LogP contribution in [0.25, 0.3) is 0 Å². The number of aromatic amines is 2. The van der Waals surface area contributed by atoms with Gasteiger partial charge in [0, 0.05) is 26.3 Å². The molecule has 0 radical (unpaired) electrons. The molecule has 0 bridgehead atoms. The first-order valence-corrected chi connectivity index (χ1v) is 4.74. The lowest BCUT2D eigenvalue weighted by Crippen LogP contribution is -2.31. The molecule has 0 saturated carbocycles. The molecule has 7 nitrogen and oxygen atoms in total. The van der Waals surface area contributed by atoms with Crippen molar-refractivity contribution in [2.24, 2.45) is 0 Å². The van der Waals surface area contributed by atoms with E-state index in [9.17, 15) is 14.4 Å². The molecule has 7 heteroatoms. The average Bonchev–Trinajstić information content (AvgIpc) is 2.22. The number of amides is 1. The minimum absolute atomic E-state index is 0.0498. The van der Waals surface area contributed by atoms with Gasteiger partial charge in [0.2, 0.25) is 0 Å². The van der Waals surface area contributed by atoms with E-state index in [4.69, 9.17) is 4.74 Å². The molecule has 0 unspecified atom stereocenters. The lowest BCUT2D eigenvalue weighted by Gasteiger charge is -2.03. The Labute approximate surface area is 90.8 Å². The highest BCUT2D eigenvalue weighted by Crippen LogP contribution is 1.86. The Balaban J connectivity index is 2.59. The zero-order valence-electron chi connectivity index (χ0n) is 8.83. The van der Waals surface area contributed by atoms with E-state index < -0.39 is 17.2 Å². The molecule has 16 heavy (non-hydrogen) atoms. The lowest BCUT2D eigenvalue weighted by atomic mass is 10.3. The Morgan fingerprint density at radius 3 is 2.81 bits per heavy atom. The fraction of sp³-hybridized carbons (Fsp3) is 0.444. The molecule has 1 aromatic heterocycles. The van der Waals surface area contributed by atoms with Gasteiger partial charge in [-0.25, -0.2) is 4.79 Å². The molecular formula is C9H13N3O4. The topological polar surface area (TPSA) is 104 Å². The summed E-state index contributed by atoms with van der Waals surface area (Å²) in [5.74, 6) is -0.487. The number of aromatic nitrogens is 2. The Bertz CT molecular complexity index is 434. The van der Waals surface area contributed by atoms with Crippen molar-refractivity contribution in [3.05, 3.63) is 32.6 Å². The number of rotatable bonds is 5. The second-order valence-corrected chi connectivity index (χ2v) is 3.10. The number of H-pyrrole nitrogens is 2. The summed E-state index contributed by atoms with van der Waals surface area (Å²) in [7, 11) is 1.57. The van der Waals surface area contributed by atoms with Crippen molar-refractivity contribution in [2.45, 2.75) is 6.42 Å². The molecule has 0 saturated heterocycles. The number of hydrogen-bond donors (Lipinski definition) is 3. The number of nitrogens with one attached hydrogen (secondary N) is 3. The molecule has 88 valence electrons. The third kappa shape index (κ3) is 3.70. The molecule has 0 fully saturated rings. The van der Waals surface area contributed by atoms with Gasteiger partial charge in [-0.2, -0.15) is 0 Å². The molecule has 1 heterocycles. The van der Waals surface area contributed by atoms with E-state index in [1.165, 1.54) is 0 Å². The van der Waals surface area contributed by atoms with Gasteiger partial charge >= 0.3 is 5.69 Å². The van der Waals surface area contributed by atoms with Crippen LogP contribution in [0.4, 0.5) is 0 Å². The Morgan fingerprint density at radius 1 is 1.44 bits per heavy atom. The minimum Gasteiger partial charge on any atom is -0.385 e. The van der Waals surface area contributed by atoms with Crippen molar-refractivity contribution in [1.82, 2.24) is 15.3 Å². The monoisotopic (exact) mass is 227 g/mol. The smallest absolute Gasteiger partial charge is 0.326 e. The summed E-state index contributed by atoms with van der Waals surface area (Å²) in [5, 5.41) is 2.55. The van der Waals surface area contributed by atoms with E-state index in [0.717, 1.165) is 6.07 Å². The van der Waals surface area contributed by atoms with Crippen LogP contribution in [0.3, 0.4) is 0 Å². The van der Waals surface area contributed by atoms with Crippen LogP contribution in [0.15, 0.2) is 15.7 Å². The van der Waals surface area contributed by atoms with Crippen LogP contribution in [-0.2, 0) is 4.74 Å². The molecule has 1 amide bonds. The summed E-state index contributed by atoms with van der Waals surface area (Å²) >= 11 is 0. The highest BCUT2D eigenvalue weighted by Gasteiger charge is 2.06. The Morgan fingerprint density at radius 2 is 2.19 bits per heavy atom. The van der Waals surface area contributed by atoms with Crippen LogP contribution in [0.1, 0.15) is 16.9 Å². The maximum absolute atomic E-state index is 11.4. The second kappa shape index (κ2) is 5.86.